The standard InChI is InChI=1S/C15H12FN5O2S/c1-10(11-4-2-7-14(8-11)21(22)23)24-15-17-18-19-20(15)13-6-3-5-12(16)9-13/h2-10H,1H3. The van der Waals surface area contributed by atoms with Crippen molar-refractivity contribution in [3.05, 3.63) is 70.0 Å². The van der Waals surface area contributed by atoms with E-state index in [0.717, 1.165) is 5.56 Å². The van der Waals surface area contributed by atoms with Crippen molar-refractivity contribution in [2.75, 3.05) is 0 Å². The summed E-state index contributed by atoms with van der Waals surface area (Å²) >= 11 is 1.33. The Bertz CT molecular complexity index is 886. The van der Waals surface area contributed by atoms with Crippen molar-refractivity contribution in [3.63, 3.8) is 0 Å². The maximum Gasteiger partial charge on any atom is 0.269 e. The van der Waals surface area contributed by atoms with Crippen LogP contribution in [0.25, 0.3) is 5.69 Å². The Labute approximate surface area is 140 Å². The molecule has 1 unspecified atom stereocenters. The molecule has 2 aromatic carbocycles. The highest BCUT2D eigenvalue weighted by molar-refractivity contribution is 7.99. The van der Waals surface area contributed by atoms with Crippen molar-refractivity contribution in [3.8, 4) is 5.69 Å². The van der Waals surface area contributed by atoms with Gasteiger partial charge in [0.05, 0.1) is 10.6 Å². The summed E-state index contributed by atoms with van der Waals surface area (Å²) in [4.78, 5) is 10.5. The summed E-state index contributed by atoms with van der Waals surface area (Å²) < 4.78 is 14.8. The Morgan fingerprint density at radius 2 is 2.04 bits per heavy atom. The van der Waals surface area contributed by atoms with Crippen LogP contribution in [0.4, 0.5) is 10.1 Å². The summed E-state index contributed by atoms with van der Waals surface area (Å²) in [6.45, 7) is 1.90. The molecular formula is C15H12FN5O2S. The third-order valence-electron chi connectivity index (χ3n) is 3.33. The van der Waals surface area contributed by atoms with Gasteiger partial charge >= 0.3 is 0 Å². The van der Waals surface area contributed by atoms with Crippen LogP contribution in [0.1, 0.15) is 17.7 Å². The first-order valence-electron chi connectivity index (χ1n) is 7.00. The van der Waals surface area contributed by atoms with Crippen LogP contribution in [0.3, 0.4) is 0 Å². The lowest BCUT2D eigenvalue weighted by Gasteiger charge is -2.11. The summed E-state index contributed by atoms with van der Waals surface area (Å²) in [7, 11) is 0. The van der Waals surface area contributed by atoms with Crippen LogP contribution in [0.2, 0.25) is 0 Å². The molecule has 1 atom stereocenters. The summed E-state index contributed by atoms with van der Waals surface area (Å²) in [5.74, 6) is -0.384. The van der Waals surface area contributed by atoms with Crippen molar-refractivity contribution in [2.45, 2.75) is 17.3 Å². The zero-order valence-electron chi connectivity index (χ0n) is 12.5. The van der Waals surface area contributed by atoms with E-state index in [0.29, 0.717) is 10.8 Å². The minimum atomic E-state index is -0.433. The fourth-order valence-electron chi connectivity index (χ4n) is 2.14. The van der Waals surface area contributed by atoms with Gasteiger partial charge in [0, 0.05) is 17.4 Å². The molecule has 0 bridgehead atoms. The van der Waals surface area contributed by atoms with Gasteiger partial charge in [-0.1, -0.05) is 30.0 Å². The minimum Gasteiger partial charge on any atom is -0.258 e. The Kier molecular flexibility index (Phi) is 4.52. The number of aromatic nitrogens is 4. The Morgan fingerprint density at radius 1 is 1.25 bits per heavy atom. The number of halogens is 1. The average Bonchev–Trinajstić information content (AvgIpc) is 3.03. The third kappa shape index (κ3) is 3.40. The maximum absolute atomic E-state index is 13.4. The molecule has 0 aliphatic rings. The Hall–Kier alpha value is -2.81. The van der Waals surface area contributed by atoms with Gasteiger partial charge < -0.3 is 0 Å². The second-order valence-corrected chi connectivity index (χ2v) is 6.27. The van der Waals surface area contributed by atoms with E-state index in [9.17, 15) is 14.5 Å². The number of tetrazole rings is 1. The number of nitrogens with zero attached hydrogens (tertiary/aromatic N) is 5. The summed E-state index contributed by atoms with van der Waals surface area (Å²) in [5.41, 5.74) is 1.32. The summed E-state index contributed by atoms with van der Waals surface area (Å²) in [6.07, 6.45) is 0. The molecule has 0 radical (unpaired) electrons. The minimum absolute atomic E-state index is 0.0321. The summed E-state index contributed by atoms with van der Waals surface area (Å²) in [5, 5.41) is 22.7. The number of nitro groups is 1. The molecule has 0 fully saturated rings. The fourth-order valence-corrected chi connectivity index (χ4v) is 3.06. The molecule has 0 aliphatic heterocycles. The van der Waals surface area contributed by atoms with E-state index < -0.39 is 4.92 Å². The predicted octanol–water partition coefficient (Wildman–Crippen LogP) is 3.56. The van der Waals surface area contributed by atoms with E-state index in [4.69, 9.17) is 0 Å². The fraction of sp³-hybridized carbons (Fsp3) is 0.133. The van der Waals surface area contributed by atoms with Gasteiger partial charge in [-0.05, 0) is 41.1 Å². The van der Waals surface area contributed by atoms with Crippen LogP contribution in [0, 0.1) is 15.9 Å². The predicted molar refractivity (Wildman–Crippen MR) is 86.5 cm³/mol. The smallest absolute Gasteiger partial charge is 0.258 e. The van der Waals surface area contributed by atoms with Gasteiger partial charge in [-0.2, -0.15) is 4.68 Å². The lowest BCUT2D eigenvalue weighted by Crippen LogP contribution is -2.01. The molecule has 0 amide bonds. The molecule has 0 saturated heterocycles. The van der Waals surface area contributed by atoms with Gasteiger partial charge in [0.2, 0.25) is 5.16 Å². The highest BCUT2D eigenvalue weighted by Crippen LogP contribution is 2.35. The highest BCUT2D eigenvalue weighted by Gasteiger charge is 2.17. The third-order valence-corrected chi connectivity index (χ3v) is 4.42. The molecule has 7 nitrogen and oxygen atoms in total. The van der Waals surface area contributed by atoms with Gasteiger partial charge in [-0.25, -0.2) is 4.39 Å². The number of hydrogen-bond donors (Lipinski definition) is 0. The van der Waals surface area contributed by atoms with E-state index in [1.165, 1.54) is 40.7 Å². The van der Waals surface area contributed by atoms with Crippen LogP contribution in [-0.2, 0) is 0 Å². The topological polar surface area (TPSA) is 86.7 Å². The SMILES string of the molecule is CC(Sc1nnnn1-c1cccc(F)c1)c1cccc([N+](=O)[O-])c1. The van der Waals surface area contributed by atoms with Crippen LogP contribution in [-0.4, -0.2) is 25.1 Å². The summed E-state index contributed by atoms with van der Waals surface area (Å²) in [6, 6.07) is 12.4. The lowest BCUT2D eigenvalue weighted by atomic mass is 10.1. The molecular weight excluding hydrogens is 333 g/mol. The van der Waals surface area contributed by atoms with Crippen molar-refractivity contribution >= 4 is 17.4 Å². The van der Waals surface area contributed by atoms with Crippen LogP contribution < -0.4 is 0 Å². The monoisotopic (exact) mass is 345 g/mol. The van der Waals surface area contributed by atoms with E-state index in [2.05, 4.69) is 15.5 Å². The molecule has 0 saturated carbocycles. The van der Waals surface area contributed by atoms with Gasteiger partial charge in [0.15, 0.2) is 0 Å². The molecule has 1 heterocycles. The Balaban J connectivity index is 1.86. The number of hydrogen-bond acceptors (Lipinski definition) is 6. The zero-order chi connectivity index (χ0) is 17.1. The normalized spacial score (nSPS) is 12.1. The molecule has 1 aromatic heterocycles. The zero-order valence-corrected chi connectivity index (χ0v) is 13.4. The van der Waals surface area contributed by atoms with E-state index in [-0.39, 0.29) is 16.8 Å². The first-order valence-corrected chi connectivity index (χ1v) is 7.88. The average molecular weight is 345 g/mol. The molecule has 24 heavy (non-hydrogen) atoms. The number of nitro benzene ring substituents is 1. The molecule has 0 aliphatic carbocycles. The number of benzene rings is 2. The first-order chi connectivity index (χ1) is 11.5. The number of thioether (sulfide) groups is 1. The van der Waals surface area contributed by atoms with Crippen molar-refractivity contribution < 1.29 is 9.31 Å². The molecule has 122 valence electrons. The lowest BCUT2D eigenvalue weighted by molar-refractivity contribution is -0.384. The first kappa shape index (κ1) is 16.1. The van der Waals surface area contributed by atoms with Gasteiger partial charge in [0.1, 0.15) is 5.82 Å². The second kappa shape index (κ2) is 6.75. The second-order valence-electron chi connectivity index (χ2n) is 4.97. The van der Waals surface area contributed by atoms with Crippen molar-refractivity contribution in [1.82, 2.24) is 20.2 Å². The van der Waals surface area contributed by atoms with E-state index >= 15 is 0 Å². The van der Waals surface area contributed by atoms with Crippen molar-refractivity contribution in [2.24, 2.45) is 0 Å². The van der Waals surface area contributed by atoms with Crippen molar-refractivity contribution in [1.29, 1.82) is 0 Å². The largest absolute Gasteiger partial charge is 0.269 e. The molecule has 0 spiro atoms. The van der Waals surface area contributed by atoms with E-state index in [1.54, 1.807) is 24.3 Å². The van der Waals surface area contributed by atoms with E-state index in [1.807, 2.05) is 6.92 Å². The van der Waals surface area contributed by atoms with Crippen LogP contribution >= 0.6 is 11.8 Å². The van der Waals surface area contributed by atoms with Gasteiger partial charge in [-0.3, -0.25) is 10.1 Å². The molecule has 0 N–H and O–H groups in total. The highest BCUT2D eigenvalue weighted by atomic mass is 32.2. The molecule has 9 heteroatoms. The van der Waals surface area contributed by atoms with Gasteiger partial charge in [0.25, 0.3) is 5.69 Å². The Morgan fingerprint density at radius 3 is 2.79 bits per heavy atom. The van der Waals surface area contributed by atoms with Crippen LogP contribution in [0.15, 0.2) is 53.7 Å². The van der Waals surface area contributed by atoms with Gasteiger partial charge in [-0.15, -0.1) is 5.10 Å². The number of non-ortho nitro benzene ring substituents is 1. The molecule has 3 aromatic rings. The molecule has 3 rings (SSSR count). The quantitative estimate of drug-likeness (QED) is 0.399. The maximum atomic E-state index is 13.4. The van der Waals surface area contributed by atoms with Crippen LogP contribution in [0.5, 0.6) is 0 Å². The number of rotatable bonds is 5.